The van der Waals surface area contributed by atoms with Crippen LogP contribution < -0.4 is 5.73 Å². The smallest absolute Gasteiger partial charge is 0.142 e. The summed E-state index contributed by atoms with van der Waals surface area (Å²) in [5, 5.41) is 9.78. The number of aromatic nitrogens is 1. The van der Waals surface area contributed by atoms with Gasteiger partial charge in [0.2, 0.25) is 0 Å². The minimum absolute atomic E-state index is 0.365. The van der Waals surface area contributed by atoms with Crippen LogP contribution in [0.2, 0.25) is 0 Å². The number of hydrogen-bond acceptors (Lipinski definition) is 3. The summed E-state index contributed by atoms with van der Waals surface area (Å²) in [4.78, 5) is 4.67. The Hall–Kier alpha value is -1.86. The van der Waals surface area contributed by atoms with Crippen molar-refractivity contribution in [1.29, 1.82) is 5.26 Å². The third-order valence-corrected chi connectivity index (χ3v) is 5.95. The van der Waals surface area contributed by atoms with Crippen molar-refractivity contribution in [2.75, 3.05) is 5.73 Å². The van der Waals surface area contributed by atoms with Crippen LogP contribution in [0.1, 0.15) is 68.2 Å². The summed E-state index contributed by atoms with van der Waals surface area (Å²) in [6.07, 6.45) is 12.0. The first-order valence-electron chi connectivity index (χ1n) is 9.68. The maximum atomic E-state index is 9.78. The van der Waals surface area contributed by atoms with Crippen LogP contribution in [0.4, 0.5) is 5.82 Å². The molecule has 0 saturated carbocycles. The second-order valence-corrected chi connectivity index (χ2v) is 7.95. The van der Waals surface area contributed by atoms with Crippen LogP contribution in [0, 0.1) is 11.3 Å². The van der Waals surface area contributed by atoms with E-state index in [0.29, 0.717) is 11.4 Å². The Bertz CT molecular complexity index is 808. The molecule has 136 valence electrons. The van der Waals surface area contributed by atoms with E-state index >= 15 is 0 Å². The molecule has 0 unspecified atom stereocenters. The first-order valence-corrected chi connectivity index (χ1v) is 10.5. The average Bonchev–Trinajstić information content (AvgIpc) is 2.63. The number of nitrogen functional groups attached to an aromatic ring is 1. The van der Waals surface area contributed by atoms with Gasteiger partial charge in [0.15, 0.2) is 0 Å². The molecule has 3 nitrogen and oxygen atoms in total. The number of halogens is 1. The molecule has 2 aromatic rings. The van der Waals surface area contributed by atoms with Crippen LogP contribution in [-0.4, -0.2) is 4.98 Å². The Morgan fingerprint density at radius 1 is 0.923 bits per heavy atom. The molecule has 0 spiro atoms. The van der Waals surface area contributed by atoms with Crippen LogP contribution in [0.15, 0.2) is 28.7 Å². The van der Waals surface area contributed by atoms with E-state index in [1.807, 2.05) is 18.2 Å². The fourth-order valence-corrected chi connectivity index (χ4v) is 4.38. The molecule has 1 aliphatic carbocycles. The zero-order chi connectivity index (χ0) is 18.4. The predicted molar refractivity (Wildman–Crippen MR) is 111 cm³/mol. The van der Waals surface area contributed by atoms with E-state index in [1.165, 1.54) is 44.1 Å². The van der Waals surface area contributed by atoms with Gasteiger partial charge in [0.05, 0.1) is 0 Å². The first kappa shape index (κ1) is 18.9. The van der Waals surface area contributed by atoms with Crippen molar-refractivity contribution in [3.8, 4) is 17.2 Å². The summed E-state index contributed by atoms with van der Waals surface area (Å²) in [5.74, 6) is 0.365. The lowest BCUT2D eigenvalue weighted by molar-refractivity contribution is 0.557. The van der Waals surface area contributed by atoms with Crippen LogP contribution in [0.3, 0.4) is 0 Å². The summed E-state index contributed by atoms with van der Waals surface area (Å²) >= 11 is 3.66. The molecular weight excluding hydrogens is 386 g/mol. The van der Waals surface area contributed by atoms with Crippen molar-refractivity contribution in [2.45, 2.75) is 64.2 Å². The molecule has 0 aliphatic heterocycles. The molecule has 1 aliphatic rings. The summed E-state index contributed by atoms with van der Waals surface area (Å²) in [6, 6.07) is 10.4. The van der Waals surface area contributed by atoms with E-state index in [-0.39, 0.29) is 0 Å². The lowest BCUT2D eigenvalue weighted by Crippen LogP contribution is -2.09. The van der Waals surface area contributed by atoms with Gasteiger partial charge < -0.3 is 5.73 Å². The molecule has 1 aromatic heterocycles. The molecule has 0 atom stereocenters. The average molecular weight is 412 g/mol. The number of benzene rings is 1. The van der Waals surface area contributed by atoms with Crippen LogP contribution in [0.5, 0.6) is 0 Å². The molecule has 0 amide bonds. The van der Waals surface area contributed by atoms with Crippen molar-refractivity contribution in [2.24, 2.45) is 0 Å². The van der Waals surface area contributed by atoms with Gasteiger partial charge in [-0.1, -0.05) is 72.7 Å². The standard InChI is InChI=1S/C22H26BrN3/c23-19-13-10-9-11-16(19)21-17-12-7-5-3-1-2-4-6-8-14-20(17)26-22(25)18(21)15-24/h9-11,13H,1-8,12,14H2,(H2,25,26). The van der Waals surface area contributed by atoms with E-state index in [4.69, 9.17) is 5.73 Å². The van der Waals surface area contributed by atoms with Gasteiger partial charge in [-0.05, 0) is 42.9 Å². The molecule has 1 heterocycles. The molecule has 0 radical (unpaired) electrons. The zero-order valence-corrected chi connectivity index (χ0v) is 16.8. The van der Waals surface area contributed by atoms with Crippen molar-refractivity contribution >= 4 is 21.7 Å². The molecule has 2 N–H and O–H groups in total. The van der Waals surface area contributed by atoms with E-state index in [0.717, 1.165) is 47.0 Å². The summed E-state index contributed by atoms with van der Waals surface area (Å²) < 4.78 is 0.996. The number of fused-ring (bicyclic) bond motifs is 1. The Morgan fingerprint density at radius 2 is 1.54 bits per heavy atom. The van der Waals surface area contributed by atoms with E-state index in [1.54, 1.807) is 0 Å². The van der Waals surface area contributed by atoms with Crippen molar-refractivity contribution < 1.29 is 0 Å². The van der Waals surface area contributed by atoms with Crippen molar-refractivity contribution in [1.82, 2.24) is 4.98 Å². The molecule has 0 fully saturated rings. The predicted octanol–water partition coefficient (Wildman–Crippen LogP) is 6.18. The second-order valence-electron chi connectivity index (χ2n) is 7.09. The van der Waals surface area contributed by atoms with Gasteiger partial charge in [-0.2, -0.15) is 5.26 Å². The number of hydrogen-bond donors (Lipinski definition) is 1. The van der Waals surface area contributed by atoms with Gasteiger partial charge in [0.25, 0.3) is 0 Å². The minimum Gasteiger partial charge on any atom is -0.383 e. The van der Waals surface area contributed by atoms with Gasteiger partial charge in [0, 0.05) is 15.7 Å². The number of nitrogens with zero attached hydrogens (tertiary/aromatic N) is 2. The van der Waals surface area contributed by atoms with Crippen LogP contribution in [0.25, 0.3) is 11.1 Å². The molecule has 26 heavy (non-hydrogen) atoms. The fraction of sp³-hybridized carbons (Fsp3) is 0.455. The molecule has 0 saturated heterocycles. The lowest BCUT2D eigenvalue weighted by atomic mass is 9.89. The largest absolute Gasteiger partial charge is 0.383 e. The maximum Gasteiger partial charge on any atom is 0.142 e. The number of pyridine rings is 1. The Labute approximate surface area is 164 Å². The highest BCUT2D eigenvalue weighted by Crippen LogP contribution is 2.37. The zero-order valence-electron chi connectivity index (χ0n) is 15.2. The monoisotopic (exact) mass is 411 g/mol. The fourth-order valence-electron chi connectivity index (χ4n) is 3.90. The highest BCUT2D eigenvalue weighted by Gasteiger charge is 2.21. The van der Waals surface area contributed by atoms with E-state index < -0.39 is 0 Å². The molecule has 3 rings (SSSR count). The van der Waals surface area contributed by atoms with Crippen LogP contribution in [-0.2, 0) is 12.8 Å². The SMILES string of the molecule is N#Cc1c(N)nc2c(c1-c1ccccc1Br)CCCCCCCCCC2. The first-order chi connectivity index (χ1) is 12.7. The summed E-state index contributed by atoms with van der Waals surface area (Å²) in [7, 11) is 0. The van der Waals surface area contributed by atoms with Gasteiger partial charge in [-0.3, -0.25) is 0 Å². The van der Waals surface area contributed by atoms with Gasteiger partial charge in [-0.25, -0.2) is 4.98 Å². The highest BCUT2D eigenvalue weighted by atomic mass is 79.9. The molecule has 1 aromatic carbocycles. The number of anilines is 1. The number of nitrogens with two attached hydrogens (primary N) is 1. The topological polar surface area (TPSA) is 62.7 Å². The second kappa shape index (κ2) is 9.19. The third-order valence-electron chi connectivity index (χ3n) is 5.26. The van der Waals surface area contributed by atoms with E-state index in [9.17, 15) is 5.26 Å². The van der Waals surface area contributed by atoms with E-state index in [2.05, 4.69) is 33.0 Å². The minimum atomic E-state index is 0.365. The van der Waals surface area contributed by atoms with Crippen LogP contribution >= 0.6 is 15.9 Å². The highest BCUT2D eigenvalue weighted by molar-refractivity contribution is 9.10. The van der Waals surface area contributed by atoms with Crippen molar-refractivity contribution in [3.63, 3.8) is 0 Å². The van der Waals surface area contributed by atoms with Crippen molar-refractivity contribution in [3.05, 3.63) is 45.6 Å². The Morgan fingerprint density at radius 3 is 2.19 bits per heavy atom. The summed E-state index contributed by atoms with van der Waals surface area (Å²) in [5.41, 5.74) is 11.1. The third kappa shape index (κ3) is 4.27. The Balaban J connectivity index is 2.14. The summed E-state index contributed by atoms with van der Waals surface area (Å²) in [6.45, 7) is 0. The molecular formula is C22H26BrN3. The molecule has 4 heteroatoms. The normalized spacial score (nSPS) is 16.0. The quantitative estimate of drug-likeness (QED) is 0.608. The maximum absolute atomic E-state index is 9.78. The van der Waals surface area contributed by atoms with Gasteiger partial charge in [0.1, 0.15) is 17.5 Å². The number of nitriles is 1. The Kier molecular flexibility index (Phi) is 6.68. The van der Waals surface area contributed by atoms with Gasteiger partial charge >= 0.3 is 0 Å². The number of aryl methyl sites for hydroxylation is 1. The number of rotatable bonds is 1. The van der Waals surface area contributed by atoms with Gasteiger partial charge in [-0.15, -0.1) is 0 Å². The molecule has 0 bridgehead atoms. The lowest BCUT2D eigenvalue weighted by Gasteiger charge is -2.19.